The van der Waals surface area contributed by atoms with Crippen LogP contribution in [0.1, 0.15) is 22.6 Å². The van der Waals surface area contributed by atoms with E-state index >= 15 is 0 Å². The van der Waals surface area contributed by atoms with E-state index in [0.717, 1.165) is 103 Å². The lowest BCUT2D eigenvalue weighted by atomic mass is 10.2. The molecule has 0 atom stereocenters. The molecule has 0 radical (unpaired) electrons. The Morgan fingerprint density at radius 1 is 0.872 bits per heavy atom. The number of H-pyrrole nitrogens is 2. The lowest BCUT2D eigenvalue weighted by Crippen LogP contribution is -2.27. The van der Waals surface area contributed by atoms with Crippen LogP contribution in [0.15, 0.2) is 12.4 Å². The van der Waals surface area contributed by atoms with E-state index in [2.05, 4.69) is 50.8 Å². The molecular weight excluding hydrogens is 536 g/mol. The minimum atomic E-state index is 0.212. The first-order valence-electron chi connectivity index (χ1n) is 13.2. The summed E-state index contributed by atoms with van der Waals surface area (Å²) in [6.45, 7) is 4.70. The predicted octanol–water partition coefficient (Wildman–Crippen LogP) is 3.29. The van der Waals surface area contributed by atoms with Crippen LogP contribution in [0.2, 0.25) is 0 Å². The fourth-order valence-corrected chi connectivity index (χ4v) is 6.71. The maximum atomic E-state index is 9.00. The van der Waals surface area contributed by atoms with Gasteiger partial charge in [-0.1, -0.05) is 0 Å². The van der Waals surface area contributed by atoms with Gasteiger partial charge in [0.2, 0.25) is 0 Å². The van der Waals surface area contributed by atoms with Crippen molar-refractivity contribution in [3.63, 3.8) is 0 Å². The number of thiazole rings is 2. The molecule has 4 aromatic heterocycles. The highest BCUT2D eigenvalue weighted by atomic mass is 32.1. The number of aromatic amines is 2. The first kappa shape index (κ1) is 27.4. The van der Waals surface area contributed by atoms with Crippen molar-refractivity contribution in [2.45, 2.75) is 25.7 Å². The Balaban J connectivity index is 0.000000158. The summed E-state index contributed by atoms with van der Waals surface area (Å²) in [5.41, 5.74) is 4.26. The molecule has 0 saturated heterocycles. The predicted molar refractivity (Wildman–Crippen MR) is 159 cm³/mol. The van der Waals surface area contributed by atoms with Gasteiger partial charge in [0, 0.05) is 83.2 Å². The average Bonchev–Trinajstić information content (AvgIpc) is 3.75. The summed E-state index contributed by atoms with van der Waals surface area (Å²) in [6, 6.07) is 0. The topological polar surface area (TPSA) is 143 Å². The molecule has 14 heteroatoms. The molecule has 4 aromatic rings. The number of fused-ring (bicyclic) bond motifs is 6. The summed E-state index contributed by atoms with van der Waals surface area (Å²) in [7, 11) is 5.54. The number of anilines is 4. The molecule has 0 amide bonds. The van der Waals surface area contributed by atoms with Crippen LogP contribution < -0.4 is 20.4 Å². The van der Waals surface area contributed by atoms with Crippen LogP contribution in [-0.2, 0) is 17.6 Å². The van der Waals surface area contributed by atoms with Gasteiger partial charge in [-0.3, -0.25) is 10.2 Å². The van der Waals surface area contributed by atoms with Gasteiger partial charge in [-0.05, 0) is 12.8 Å². The van der Waals surface area contributed by atoms with Crippen molar-refractivity contribution < 1.29 is 9.84 Å². The number of aliphatic hydroxyl groups excluding tert-OH is 1. The quantitative estimate of drug-likeness (QED) is 0.190. The zero-order chi connectivity index (χ0) is 27.2. The molecule has 210 valence electrons. The number of aliphatic hydroxyl groups is 1. The van der Waals surface area contributed by atoms with E-state index in [1.807, 2.05) is 26.5 Å². The van der Waals surface area contributed by atoms with Gasteiger partial charge < -0.3 is 30.3 Å². The Morgan fingerprint density at radius 3 is 1.85 bits per heavy atom. The molecular formula is C25H36N10O2S2. The van der Waals surface area contributed by atoms with Gasteiger partial charge in [-0.2, -0.15) is 10.2 Å². The molecule has 0 unspecified atom stereocenters. The number of rotatable bonds is 9. The third kappa shape index (κ3) is 5.88. The Labute approximate surface area is 235 Å². The van der Waals surface area contributed by atoms with Crippen molar-refractivity contribution in [1.29, 1.82) is 0 Å². The molecule has 0 aliphatic carbocycles. The van der Waals surface area contributed by atoms with Crippen LogP contribution in [0.5, 0.6) is 0 Å². The van der Waals surface area contributed by atoms with Crippen LogP contribution in [-0.4, -0.2) is 96.1 Å². The van der Waals surface area contributed by atoms with E-state index in [4.69, 9.17) is 9.84 Å². The number of nitrogens with one attached hydrogen (secondary N) is 4. The molecule has 5 N–H and O–H groups in total. The van der Waals surface area contributed by atoms with E-state index in [0.29, 0.717) is 0 Å². The summed E-state index contributed by atoms with van der Waals surface area (Å²) in [5.74, 6) is 2.09. The van der Waals surface area contributed by atoms with Gasteiger partial charge in [0.05, 0.1) is 34.9 Å². The molecule has 0 fully saturated rings. The first-order valence-corrected chi connectivity index (χ1v) is 14.8. The highest BCUT2D eigenvalue weighted by molar-refractivity contribution is 7.16. The monoisotopic (exact) mass is 572 g/mol. The van der Waals surface area contributed by atoms with Crippen molar-refractivity contribution in [1.82, 2.24) is 30.4 Å². The van der Waals surface area contributed by atoms with Crippen molar-refractivity contribution >= 4 is 44.6 Å². The van der Waals surface area contributed by atoms with Gasteiger partial charge in [0.15, 0.2) is 10.3 Å². The van der Waals surface area contributed by atoms with Gasteiger partial charge in [0.1, 0.15) is 11.6 Å². The van der Waals surface area contributed by atoms with Crippen molar-refractivity contribution in [3.8, 4) is 22.5 Å². The summed E-state index contributed by atoms with van der Waals surface area (Å²) >= 11 is 3.43. The minimum Gasteiger partial charge on any atom is -0.396 e. The molecule has 39 heavy (non-hydrogen) atoms. The zero-order valence-electron chi connectivity index (χ0n) is 22.6. The van der Waals surface area contributed by atoms with Crippen LogP contribution in [0.25, 0.3) is 22.5 Å². The fourth-order valence-electron chi connectivity index (χ4n) is 4.87. The second-order valence-corrected chi connectivity index (χ2v) is 11.4. The Kier molecular flexibility index (Phi) is 8.96. The maximum absolute atomic E-state index is 9.00. The Morgan fingerprint density at radius 2 is 1.38 bits per heavy atom. The summed E-state index contributed by atoms with van der Waals surface area (Å²) in [4.78, 5) is 16.5. The standard InChI is InChI=1S/C13H19N5OS.C12H17N5OS/c1-14-13-16-11-9-8-15-17-12(9)18(5-3-7-19-2)6-4-10(11)20-13;1-13-12-15-10-8-7-14-16-11(8)17(4-2-6-18)5-3-9(10)19-12/h8H,3-7H2,1-2H3,(H,14,16)(H,15,17);7,18H,2-6H2,1H3,(H,13,15)(H,14,16). The van der Waals surface area contributed by atoms with Crippen LogP contribution >= 0.6 is 22.7 Å². The minimum absolute atomic E-state index is 0.212. The van der Waals surface area contributed by atoms with E-state index in [-0.39, 0.29) is 6.61 Å². The second-order valence-electron chi connectivity index (χ2n) is 9.24. The van der Waals surface area contributed by atoms with Gasteiger partial charge >= 0.3 is 0 Å². The third-order valence-electron chi connectivity index (χ3n) is 6.78. The molecule has 0 bridgehead atoms. The molecule has 2 aliphatic rings. The van der Waals surface area contributed by atoms with E-state index in [1.165, 1.54) is 9.75 Å². The first-order chi connectivity index (χ1) is 19.2. The highest BCUT2D eigenvalue weighted by Crippen LogP contribution is 2.39. The number of methoxy groups -OCH3 is 1. The molecule has 0 saturated carbocycles. The second kappa shape index (κ2) is 12.8. The number of ether oxygens (including phenoxy) is 1. The molecule has 12 nitrogen and oxygen atoms in total. The number of nitrogens with zero attached hydrogens (tertiary/aromatic N) is 6. The van der Waals surface area contributed by atoms with Crippen LogP contribution in [0, 0.1) is 0 Å². The molecule has 0 aromatic carbocycles. The van der Waals surface area contributed by atoms with Crippen LogP contribution in [0.3, 0.4) is 0 Å². The Hall–Kier alpha value is -3.20. The summed E-state index contributed by atoms with van der Waals surface area (Å²) in [6.07, 6.45) is 7.48. The van der Waals surface area contributed by atoms with Crippen molar-refractivity contribution in [2.24, 2.45) is 0 Å². The van der Waals surface area contributed by atoms with Gasteiger partial charge in [0.25, 0.3) is 0 Å². The van der Waals surface area contributed by atoms with Crippen molar-refractivity contribution in [3.05, 3.63) is 22.1 Å². The average molecular weight is 573 g/mol. The maximum Gasteiger partial charge on any atom is 0.183 e. The third-order valence-corrected chi connectivity index (χ3v) is 9.05. The molecule has 0 spiro atoms. The SMILES string of the molecule is CNc1nc2c(s1)CCN(CCCO)c1[nH]ncc1-2.CNc1nc2c(s1)CCN(CCCOC)c1[nH]ncc1-2. The van der Waals surface area contributed by atoms with Gasteiger partial charge in [-0.25, -0.2) is 9.97 Å². The Bertz CT molecular complexity index is 1350. The van der Waals surface area contributed by atoms with E-state index in [9.17, 15) is 0 Å². The normalized spacial score (nSPS) is 13.8. The molecule has 6 rings (SSSR count). The lowest BCUT2D eigenvalue weighted by molar-refractivity contribution is 0.196. The zero-order valence-corrected chi connectivity index (χ0v) is 24.2. The van der Waals surface area contributed by atoms with Crippen molar-refractivity contribution in [2.75, 3.05) is 81.0 Å². The van der Waals surface area contributed by atoms with E-state index in [1.54, 1.807) is 29.8 Å². The largest absolute Gasteiger partial charge is 0.396 e. The fraction of sp³-hybridized carbons (Fsp3) is 0.520. The number of aromatic nitrogens is 6. The lowest BCUT2D eigenvalue weighted by Gasteiger charge is -2.21. The van der Waals surface area contributed by atoms with Gasteiger partial charge in [-0.15, -0.1) is 22.7 Å². The molecule has 6 heterocycles. The number of hydrogen-bond donors (Lipinski definition) is 5. The smallest absolute Gasteiger partial charge is 0.183 e. The molecule has 2 aliphatic heterocycles. The van der Waals surface area contributed by atoms with Crippen LogP contribution in [0.4, 0.5) is 21.9 Å². The van der Waals surface area contributed by atoms with E-state index < -0.39 is 0 Å². The number of hydrogen-bond acceptors (Lipinski definition) is 12. The summed E-state index contributed by atoms with van der Waals surface area (Å²) < 4.78 is 5.14. The highest BCUT2D eigenvalue weighted by Gasteiger charge is 2.26. The summed E-state index contributed by atoms with van der Waals surface area (Å²) in [5, 5.41) is 31.7.